The van der Waals surface area contributed by atoms with Crippen molar-refractivity contribution in [1.29, 1.82) is 0 Å². The maximum absolute atomic E-state index is 13.0. The van der Waals surface area contributed by atoms with Gasteiger partial charge >= 0.3 is 0 Å². The Morgan fingerprint density at radius 3 is 2.12 bits per heavy atom. The van der Waals surface area contributed by atoms with Gasteiger partial charge < -0.3 is 15.5 Å². The number of aromatic nitrogens is 2. The van der Waals surface area contributed by atoms with Gasteiger partial charge in [-0.25, -0.2) is 9.37 Å². The lowest BCUT2D eigenvalue weighted by atomic mass is 10.2. The van der Waals surface area contributed by atoms with Gasteiger partial charge in [0, 0.05) is 36.3 Å². The molecule has 1 heterocycles. The monoisotopic (exact) mass is 351 g/mol. The first-order valence-corrected chi connectivity index (χ1v) is 8.65. The van der Waals surface area contributed by atoms with Gasteiger partial charge in [0.25, 0.3) is 0 Å². The van der Waals surface area contributed by atoms with E-state index in [2.05, 4.69) is 51.5 Å². The summed E-state index contributed by atoms with van der Waals surface area (Å²) in [6.07, 6.45) is 1.67. The summed E-state index contributed by atoms with van der Waals surface area (Å²) in [7, 11) is 0. The minimum Gasteiger partial charge on any atom is -0.372 e. The molecule has 0 radical (unpaired) electrons. The highest BCUT2D eigenvalue weighted by atomic mass is 19.1. The Kier molecular flexibility index (Phi) is 5.63. The van der Waals surface area contributed by atoms with Gasteiger partial charge in [-0.15, -0.1) is 0 Å². The molecule has 5 nitrogen and oxygen atoms in total. The third-order valence-corrected chi connectivity index (χ3v) is 4.02. The molecule has 0 fully saturated rings. The molecule has 1 aromatic heterocycles. The van der Waals surface area contributed by atoms with E-state index < -0.39 is 0 Å². The molecular weight excluding hydrogens is 329 g/mol. The van der Waals surface area contributed by atoms with Crippen molar-refractivity contribution in [2.75, 3.05) is 28.6 Å². The van der Waals surface area contributed by atoms with Crippen LogP contribution in [0.5, 0.6) is 0 Å². The zero-order valence-corrected chi connectivity index (χ0v) is 14.9. The maximum atomic E-state index is 13.0. The topological polar surface area (TPSA) is 53.1 Å². The minimum atomic E-state index is -0.270. The summed E-state index contributed by atoms with van der Waals surface area (Å²) in [5, 5.41) is 6.33. The van der Waals surface area contributed by atoms with E-state index in [0.717, 1.165) is 24.5 Å². The van der Waals surface area contributed by atoms with Gasteiger partial charge in [0.2, 0.25) is 5.95 Å². The quantitative estimate of drug-likeness (QED) is 0.631. The van der Waals surface area contributed by atoms with E-state index >= 15 is 0 Å². The van der Waals surface area contributed by atoms with Gasteiger partial charge in [0.05, 0.1) is 0 Å². The number of nitrogens with one attached hydrogen (secondary N) is 2. The van der Waals surface area contributed by atoms with Crippen molar-refractivity contribution in [3.8, 4) is 0 Å². The van der Waals surface area contributed by atoms with Crippen LogP contribution in [0, 0.1) is 5.82 Å². The van der Waals surface area contributed by atoms with Crippen molar-refractivity contribution in [1.82, 2.24) is 9.97 Å². The number of halogens is 1. The Labute approximate surface area is 152 Å². The molecule has 0 saturated carbocycles. The molecule has 0 atom stereocenters. The Balaban J connectivity index is 1.69. The van der Waals surface area contributed by atoms with Crippen LogP contribution in [0.4, 0.5) is 33.2 Å². The second kappa shape index (κ2) is 8.29. The third kappa shape index (κ3) is 4.47. The van der Waals surface area contributed by atoms with Crippen molar-refractivity contribution < 1.29 is 4.39 Å². The van der Waals surface area contributed by atoms with Gasteiger partial charge in [0.15, 0.2) is 0 Å². The molecule has 0 amide bonds. The Hall–Kier alpha value is -3.15. The Morgan fingerprint density at radius 2 is 1.46 bits per heavy atom. The highest BCUT2D eigenvalue weighted by Gasteiger charge is 2.04. The molecule has 0 spiro atoms. The summed E-state index contributed by atoms with van der Waals surface area (Å²) in [4.78, 5) is 11.0. The zero-order valence-electron chi connectivity index (χ0n) is 14.9. The number of anilines is 5. The van der Waals surface area contributed by atoms with Crippen LogP contribution in [0.15, 0.2) is 60.8 Å². The molecule has 2 aromatic carbocycles. The van der Waals surface area contributed by atoms with E-state index in [1.165, 1.54) is 17.8 Å². The molecular formula is C20H22FN5. The van der Waals surface area contributed by atoms with Crippen molar-refractivity contribution in [2.45, 2.75) is 13.8 Å². The number of hydrogen-bond acceptors (Lipinski definition) is 5. The molecule has 0 saturated heterocycles. The molecule has 3 rings (SSSR count). The first kappa shape index (κ1) is 17.7. The van der Waals surface area contributed by atoms with Gasteiger partial charge in [-0.1, -0.05) is 0 Å². The van der Waals surface area contributed by atoms with E-state index in [9.17, 15) is 4.39 Å². The first-order valence-electron chi connectivity index (χ1n) is 8.65. The van der Waals surface area contributed by atoms with Crippen LogP contribution in [0.2, 0.25) is 0 Å². The molecule has 6 heteroatoms. The van der Waals surface area contributed by atoms with E-state index in [1.807, 2.05) is 12.1 Å². The third-order valence-electron chi connectivity index (χ3n) is 4.02. The highest BCUT2D eigenvalue weighted by Crippen LogP contribution is 2.21. The summed E-state index contributed by atoms with van der Waals surface area (Å²) < 4.78 is 13.0. The average Bonchev–Trinajstić information content (AvgIpc) is 2.66. The Bertz CT molecular complexity index is 830. The van der Waals surface area contributed by atoms with Gasteiger partial charge in [-0.2, -0.15) is 4.98 Å². The lowest BCUT2D eigenvalue weighted by Crippen LogP contribution is -2.21. The number of rotatable bonds is 7. The predicted molar refractivity (Wildman–Crippen MR) is 105 cm³/mol. The Morgan fingerprint density at radius 1 is 0.846 bits per heavy atom. The molecule has 3 aromatic rings. The first-order chi connectivity index (χ1) is 12.7. The van der Waals surface area contributed by atoms with Crippen LogP contribution >= 0.6 is 0 Å². The molecule has 0 bridgehead atoms. The van der Waals surface area contributed by atoms with Crippen LogP contribution in [0.3, 0.4) is 0 Å². The van der Waals surface area contributed by atoms with Crippen molar-refractivity contribution in [2.24, 2.45) is 0 Å². The fourth-order valence-corrected chi connectivity index (χ4v) is 2.64. The second-order valence-corrected chi connectivity index (χ2v) is 5.74. The summed E-state index contributed by atoms with van der Waals surface area (Å²) in [5.41, 5.74) is 2.87. The fraction of sp³-hybridized carbons (Fsp3) is 0.200. The smallest absolute Gasteiger partial charge is 0.229 e. The number of nitrogens with zero attached hydrogens (tertiary/aromatic N) is 3. The largest absolute Gasteiger partial charge is 0.372 e. The van der Waals surface area contributed by atoms with E-state index in [1.54, 1.807) is 24.4 Å². The van der Waals surface area contributed by atoms with E-state index in [-0.39, 0.29) is 5.82 Å². The molecule has 26 heavy (non-hydrogen) atoms. The second-order valence-electron chi connectivity index (χ2n) is 5.74. The summed E-state index contributed by atoms with van der Waals surface area (Å²) >= 11 is 0. The van der Waals surface area contributed by atoms with Crippen molar-refractivity contribution in [3.63, 3.8) is 0 Å². The molecule has 0 unspecified atom stereocenters. The van der Waals surface area contributed by atoms with Gasteiger partial charge in [-0.05, 0) is 68.4 Å². The van der Waals surface area contributed by atoms with Gasteiger partial charge in [-0.3, -0.25) is 0 Å². The van der Waals surface area contributed by atoms with Crippen LogP contribution in [0.25, 0.3) is 0 Å². The van der Waals surface area contributed by atoms with Crippen LogP contribution in [-0.2, 0) is 0 Å². The fourth-order valence-electron chi connectivity index (χ4n) is 2.64. The maximum Gasteiger partial charge on any atom is 0.229 e. The van der Waals surface area contributed by atoms with Gasteiger partial charge in [0.1, 0.15) is 11.6 Å². The molecule has 0 aliphatic carbocycles. The molecule has 2 N–H and O–H groups in total. The van der Waals surface area contributed by atoms with Crippen molar-refractivity contribution >= 4 is 28.8 Å². The summed E-state index contributed by atoms with van der Waals surface area (Å²) in [5.74, 6) is 0.857. The summed E-state index contributed by atoms with van der Waals surface area (Å²) in [6.45, 7) is 6.24. The molecule has 0 aliphatic rings. The SMILES string of the molecule is CCN(CC)c1ccc(Nc2nccc(Nc3ccc(F)cc3)n2)cc1. The standard InChI is InChI=1S/C20H22FN5/c1-3-26(4-2)18-11-9-17(10-12-18)24-20-22-14-13-19(25-20)23-16-7-5-15(21)6-8-16/h5-14H,3-4H2,1-2H3,(H2,22,23,24,25). The zero-order chi connectivity index (χ0) is 18.4. The van der Waals surface area contributed by atoms with Crippen LogP contribution in [-0.4, -0.2) is 23.1 Å². The van der Waals surface area contributed by atoms with E-state index in [4.69, 9.17) is 0 Å². The van der Waals surface area contributed by atoms with Crippen LogP contribution in [0.1, 0.15) is 13.8 Å². The lowest BCUT2D eigenvalue weighted by Gasteiger charge is -2.21. The molecule has 134 valence electrons. The summed E-state index contributed by atoms with van der Waals surface area (Å²) in [6, 6.07) is 16.1. The number of benzene rings is 2. The average molecular weight is 351 g/mol. The minimum absolute atomic E-state index is 0.270. The number of hydrogen-bond donors (Lipinski definition) is 2. The predicted octanol–water partition coefficient (Wildman–Crippen LogP) is 4.95. The van der Waals surface area contributed by atoms with Crippen molar-refractivity contribution in [3.05, 3.63) is 66.6 Å². The van der Waals surface area contributed by atoms with Crippen LogP contribution < -0.4 is 15.5 Å². The molecule has 0 aliphatic heterocycles. The normalized spacial score (nSPS) is 10.4. The highest BCUT2D eigenvalue weighted by molar-refractivity contribution is 5.61. The van der Waals surface area contributed by atoms with E-state index in [0.29, 0.717) is 11.8 Å². The lowest BCUT2D eigenvalue weighted by molar-refractivity contribution is 0.628.